The normalized spacial score (nSPS) is 10.7. The van der Waals surface area contributed by atoms with E-state index in [4.69, 9.17) is 26.6 Å². The quantitative estimate of drug-likeness (QED) is 0.142. The van der Waals surface area contributed by atoms with Crippen molar-refractivity contribution in [1.82, 2.24) is 4.57 Å². The molecular weight excluding hydrogens is 506 g/mol. The van der Waals surface area contributed by atoms with Gasteiger partial charge in [0.2, 0.25) is 0 Å². The third-order valence-electron chi connectivity index (χ3n) is 5.27. The largest absolute Gasteiger partial charge is 0.492 e. The first-order valence-corrected chi connectivity index (χ1v) is 11.8. The summed E-state index contributed by atoms with van der Waals surface area (Å²) in [6.07, 6.45) is 1.05. The predicted octanol–water partition coefficient (Wildman–Crippen LogP) is 4.58. The number of hydrogen-bond donors (Lipinski definition) is 2. The highest BCUT2D eigenvalue weighted by Crippen LogP contribution is 2.22. The van der Waals surface area contributed by atoms with Gasteiger partial charge in [0.1, 0.15) is 17.9 Å². The van der Waals surface area contributed by atoms with Gasteiger partial charge in [-0.05, 0) is 66.2 Å². The molecule has 0 amide bonds. The van der Waals surface area contributed by atoms with Crippen molar-refractivity contribution in [3.8, 4) is 5.75 Å². The van der Waals surface area contributed by atoms with Crippen molar-refractivity contribution in [2.75, 3.05) is 6.61 Å². The van der Waals surface area contributed by atoms with E-state index in [1.807, 2.05) is 0 Å². The standard InChI is InChI=1S/C26H18ClNO7S/c27-18-6-3-16(4-7-18)23(29)17-5-10-21-22(14-17)36-26(34)28(21)11-12-35-19-8-1-15(2-9-19)13-20(24(30)31)25(32)33/h1-10,13-14H,11-12H2,(H,30,31)(H,32,33). The zero-order valence-corrected chi connectivity index (χ0v) is 20.1. The Hall–Kier alpha value is -4.21. The van der Waals surface area contributed by atoms with Crippen LogP contribution in [0.5, 0.6) is 5.75 Å². The number of halogens is 1. The molecule has 8 nitrogen and oxygen atoms in total. The number of aliphatic carboxylic acids is 2. The van der Waals surface area contributed by atoms with Crippen LogP contribution in [-0.4, -0.2) is 39.1 Å². The summed E-state index contributed by atoms with van der Waals surface area (Å²) in [5, 5.41) is 18.4. The number of carbonyl (C=O) groups is 3. The number of aromatic nitrogens is 1. The van der Waals surface area contributed by atoms with Crippen molar-refractivity contribution in [2.45, 2.75) is 6.54 Å². The number of nitrogens with zero attached hydrogens (tertiary/aromatic N) is 1. The Labute approximate surface area is 213 Å². The predicted molar refractivity (Wildman–Crippen MR) is 136 cm³/mol. The Morgan fingerprint density at radius 3 is 2.19 bits per heavy atom. The van der Waals surface area contributed by atoms with Crippen LogP contribution in [0.25, 0.3) is 16.3 Å². The van der Waals surface area contributed by atoms with Gasteiger partial charge in [-0.15, -0.1) is 0 Å². The van der Waals surface area contributed by atoms with Crippen LogP contribution in [0, 0.1) is 0 Å². The third-order valence-corrected chi connectivity index (χ3v) is 6.47. The van der Waals surface area contributed by atoms with E-state index in [1.54, 1.807) is 59.2 Å². The van der Waals surface area contributed by atoms with Crippen molar-refractivity contribution in [1.29, 1.82) is 0 Å². The maximum Gasteiger partial charge on any atom is 0.343 e. The summed E-state index contributed by atoms with van der Waals surface area (Å²) in [7, 11) is 0. The summed E-state index contributed by atoms with van der Waals surface area (Å²) >= 11 is 6.93. The van der Waals surface area contributed by atoms with Crippen molar-refractivity contribution in [3.63, 3.8) is 0 Å². The third kappa shape index (κ3) is 5.54. The van der Waals surface area contributed by atoms with Crippen LogP contribution in [0.1, 0.15) is 21.5 Å². The number of carbonyl (C=O) groups excluding carboxylic acids is 1. The molecule has 4 rings (SSSR count). The van der Waals surface area contributed by atoms with Crippen LogP contribution in [0.3, 0.4) is 0 Å². The van der Waals surface area contributed by atoms with Crippen LogP contribution >= 0.6 is 22.9 Å². The Balaban J connectivity index is 1.44. The number of ether oxygens (including phenoxy) is 1. The van der Waals surface area contributed by atoms with E-state index in [2.05, 4.69) is 0 Å². The molecule has 0 saturated heterocycles. The maximum atomic E-state index is 12.8. The smallest absolute Gasteiger partial charge is 0.343 e. The number of benzene rings is 3. The van der Waals surface area contributed by atoms with Crippen LogP contribution < -0.4 is 9.61 Å². The molecule has 0 bridgehead atoms. The van der Waals surface area contributed by atoms with Gasteiger partial charge in [0.15, 0.2) is 5.78 Å². The summed E-state index contributed by atoms with van der Waals surface area (Å²) in [6, 6.07) is 17.9. The van der Waals surface area contributed by atoms with Crippen LogP contribution in [-0.2, 0) is 16.1 Å². The molecule has 0 fully saturated rings. The molecule has 0 radical (unpaired) electrons. The summed E-state index contributed by atoms with van der Waals surface area (Å²) in [6.45, 7) is 0.453. The Morgan fingerprint density at radius 2 is 1.56 bits per heavy atom. The van der Waals surface area contributed by atoms with Gasteiger partial charge in [-0.3, -0.25) is 14.2 Å². The van der Waals surface area contributed by atoms with E-state index < -0.39 is 17.5 Å². The van der Waals surface area contributed by atoms with Gasteiger partial charge in [-0.1, -0.05) is 35.1 Å². The second-order valence-corrected chi connectivity index (χ2v) is 9.05. The molecule has 4 aromatic rings. The van der Waals surface area contributed by atoms with Crippen molar-refractivity contribution < 1.29 is 29.3 Å². The first-order valence-electron chi connectivity index (χ1n) is 10.6. The second-order valence-electron chi connectivity index (χ2n) is 7.62. The van der Waals surface area contributed by atoms with Gasteiger partial charge in [-0.2, -0.15) is 0 Å². The van der Waals surface area contributed by atoms with E-state index in [0.29, 0.717) is 37.7 Å². The lowest BCUT2D eigenvalue weighted by molar-refractivity contribution is -0.140. The maximum absolute atomic E-state index is 12.8. The number of fused-ring (bicyclic) bond motifs is 1. The molecule has 0 spiro atoms. The zero-order valence-electron chi connectivity index (χ0n) is 18.5. The van der Waals surface area contributed by atoms with E-state index in [9.17, 15) is 19.2 Å². The van der Waals surface area contributed by atoms with Gasteiger partial charge in [0.25, 0.3) is 0 Å². The van der Waals surface area contributed by atoms with Gasteiger partial charge < -0.3 is 14.9 Å². The van der Waals surface area contributed by atoms with Crippen LogP contribution in [0.4, 0.5) is 0 Å². The Morgan fingerprint density at radius 1 is 0.917 bits per heavy atom. The number of carboxylic acids is 2. The van der Waals surface area contributed by atoms with Gasteiger partial charge in [0, 0.05) is 16.1 Å². The monoisotopic (exact) mass is 523 g/mol. The number of rotatable bonds is 9. The van der Waals surface area contributed by atoms with E-state index in [-0.39, 0.29) is 23.8 Å². The minimum Gasteiger partial charge on any atom is -0.492 e. The van der Waals surface area contributed by atoms with Gasteiger partial charge in [-0.25, -0.2) is 9.59 Å². The highest BCUT2D eigenvalue weighted by atomic mass is 35.5. The molecule has 0 aliphatic heterocycles. The zero-order chi connectivity index (χ0) is 25.8. The Bertz CT molecular complexity index is 1530. The van der Waals surface area contributed by atoms with Gasteiger partial charge >= 0.3 is 16.8 Å². The average Bonchev–Trinajstić information content (AvgIpc) is 3.17. The van der Waals surface area contributed by atoms with Gasteiger partial charge in [0.05, 0.1) is 16.8 Å². The molecule has 3 aromatic carbocycles. The molecule has 0 aliphatic rings. The van der Waals surface area contributed by atoms with Crippen LogP contribution in [0.2, 0.25) is 5.02 Å². The van der Waals surface area contributed by atoms with E-state index in [0.717, 1.165) is 17.4 Å². The summed E-state index contributed by atoms with van der Waals surface area (Å²) in [4.78, 5) is 47.1. The molecule has 182 valence electrons. The number of ketones is 1. The molecule has 2 N–H and O–H groups in total. The summed E-state index contributed by atoms with van der Waals surface area (Å²) < 4.78 is 7.95. The highest BCUT2D eigenvalue weighted by molar-refractivity contribution is 7.16. The van der Waals surface area contributed by atoms with Crippen molar-refractivity contribution in [3.05, 3.63) is 104 Å². The summed E-state index contributed by atoms with van der Waals surface area (Å²) in [5.41, 5.74) is 1.31. The summed E-state index contributed by atoms with van der Waals surface area (Å²) in [5.74, 6) is -2.75. The highest BCUT2D eigenvalue weighted by Gasteiger charge is 2.16. The minimum absolute atomic E-state index is 0.165. The fourth-order valence-corrected chi connectivity index (χ4v) is 4.57. The first kappa shape index (κ1) is 24.9. The first-order chi connectivity index (χ1) is 17.2. The number of carboxylic acid groups (broad SMARTS) is 2. The number of thiazole rings is 1. The molecule has 0 saturated carbocycles. The molecule has 0 atom stereocenters. The van der Waals surface area contributed by atoms with Crippen molar-refractivity contribution >= 4 is 57.0 Å². The fraction of sp³-hybridized carbons (Fsp3) is 0.0769. The number of hydrogen-bond acceptors (Lipinski definition) is 6. The second kappa shape index (κ2) is 10.6. The van der Waals surface area contributed by atoms with E-state index >= 15 is 0 Å². The fourth-order valence-electron chi connectivity index (χ4n) is 3.48. The molecule has 1 aromatic heterocycles. The SMILES string of the molecule is O=C(O)C(=Cc1ccc(OCCn2c(=O)sc3cc(C(=O)c4ccc(Cl)cc4)ccc32)cc1)C(=O)O. The molecule has 36 heavy (non-hydrogen) atoms. The van der Waals surface area contributed by atoms with Crippen LogP contribution in [0.15, 0.2) is 77.1 Å². The molecule has 0 aliphatic carbocycles. The molecule has 10 heteroatoms. The lowest BCUT2D eigenvalue weighted by Crippen LogP contribution is -2.17. The average molecular weight is 524 g/mol. The Kier molecular flexibility index (Phi) is 7.33. The van der Waals surface area contributed by atoms with E-state index in [1.165, 1.54) is 12.1 Å². The molecule has 1 heterocycles. The molecular formula is C26H18ClNO7S. The topological polar surface area (TPSA) is 123 Å². The lowest BCUT2D eigenvalue weighted by Gasteiger charge is -2.08. The minimum atomic E-state index is -1.53. The molecule has 0 unspecified atom stereocenters. The lowest BCUT2D eigenvalue weighted by atomic mass is 10.0. The van der Waals surface area contributed by atoms with Crippen molar-refractivity contribution in [2.24, 2.45) is 0 Å².